The molecular weight excluding hydrogens is 212 g/mol. The molecule has 0 fully saturated rings. The summed E-state index contributed by atoms with van der Waals surface area (Å²) >= 11 is 0. The quantitative estimate of drug-likeness (QED) is 0.816. The van der Waals surface area contributed by atoms with Gasteiger partial charge in [-0.2, -0.15) is 0 Å². The Labute approximate surface area is 101 Å². The molecule has 4 heteroatoms. The van der Waals surface area contributed by atoms with Crippen molar-refractivity contribution >= 4 is 11.6 Å². The van der Waals surface area contributed by atoms with Crippen molar-refractivity contribution in [2.45, 2.75) is 13.5 Å². The van der Waals surface area contributed by atoms with Gasteiger partial charge in [0.1, 0.15) is 0 Å². The molecule has 0 bridgehead atoms. The van der Waals surface area contributed by atoms with Crippen LogP contribution in [-0.4, -0.2) is 17.0 Å². The van der Waals surface area contributed by atoms with Gasteiger partial charge >= 0.3 is 0 Å². The average molecular weight is 228 g/mol. The Kier molecular flexibility index (Phi) is 3.23. The van der Waals surface area contributed by atoms with Gasteiger partial charge in [-0.15, -0.1) is 0 Å². The van der Waals surface area contributed by atoms with E-state index >= 15 is 0 Å². The zero-order valence-corrected chi connectivity index (χ0v) is 10.1. The van der Waals surface area contributed by atoms with Crippen molar-refractivity contribution in [3.05, 3.63) is 47.8 Å². The van der Waals surface area contributed by atoms with Gasteiger partial charge < -0.3 is 10.6 Å². The summed E-state index contributed by atoms with van der Waals surface area (Å²) in [5, 5.41) is 0. The summed E-state index contributed by atoms with van der Waals surface area (Å²) in [7, 11) is 1.98. The first-order valence-electron chi connectivity index (χ1n) is 5.50. The van der Waals surface area contributed by atoms with Crippen LogP contribution in [0.4, 0.5) is 11.6 Å². The molecule has 2 aromatic rings. The van der Waals surface area contributed by atoms with Crippen LogP contribution in [0.3, 0.4) is 0 Å². The molecule has 4 nitrogen and oxygen atoms in total. The van der Waals surface area contributed by atoms with Crippen LogP contribution in [0.2, 0.25) is 0 Å². The molecule has 88 valence electrons. The Morgan fingerprint density at radius 1 is 1.18 bits per heavy atom. The fourth-order valence-electron chi connectivity index (χ4n) is 1.59. The van der Waals surface area contributed by atoms with Gasteiger partial charge in [-0.3, -0.25) is 0 Å². The van der Waals surface area contributed by atoms with Crippen molar-refractivity contribution < 1.29 is 0 Å². The van der Waals surface area contributed by atoms with Crippen LogP contribution in [0, 0.1) is 6.92 Å². The third-order valence-electron chi connectivity index (χ3n) is 2.52. The van der Waals surface area contributed by atoms with Crippen LogP contribution in [0.15, 0.2) is 36.5 Å². The van der Waals surface area contributed by atoms with Crippen molar-refractivity contribution in [1.29, 1.82) is 0 Å². The smallest absolute Gasteiger partial charge is 0.225 e. The number of aromatic nitrogens is 2. The summed E-state index contributed by atoms with van der Waals surface area (Å²) in [6, 6.07) is 9.73. The van der Waals surface area contributed by atoms with Crippen molar-refractivity contribution in [2.24, 2.45) is 0 Å². The topological polar surface area (TPSA) is 55.0 Å². The van der Waals surface area contributed by atoms with Gasteiger partial charge in [0.15, 0.2) is 0 Å². The van der Waals surface area contributed by atoms with Gasteiger partial charge in [0.25, 0.3) is 0 Å². The molecule has 0 radical (unpaired) electrons. The molecule has 1 aromatic carbocycles. The number of benzene rings is 1. The summed E-state index contributed by atoms with van der Waals surface area (Å²) in [5.41, 5.74) is 8.59. The van der Waals surface area contributed by atoms with E-state index in [4.69, 9.17) is 5.73 Å². The molecule has 0 amide bonds. The zero-order chi connectivity index (χ0) is 12.3. The molecule has 0 aliphatic carbocycles. The number of anilines is 2. The molecule has 0 spiro atoms. The molecule has 1 heterocycles. The van der Waals surface area contributed by atoms with Crippen LogP contribution < -0.4 is 10.6 Å². The van der Waals surface area contributed by atoms with Crippen molar-refractivity contribution in [1.82, 2.24) is 9.97 Å². The van der Waals surface area contributed by atoms with Crippen LogP contribution in [0.1, 0.15) is 11.3 Å². The Hall–Kier alpha value is -2.10. The average Bonchev–Trinajstić information content (AvgIpc) is 2.32. The lowest BCUT2D eigenvalue weighted by molar-refractivity contribution is 0.859. The highest BCUT2D eigenvalue weighted by atomic mass is 15.2. The molecule has 0 saturated heterocycles. The maximum atomic E-state index is 5.65. The number of hydrogen-bond acceptors (Lipinski definition) is 4. The van der Waals surface area contributed by atoms with Gasteiger partial charge in [-0.25, -0.2) is 9.97 Å². The van der Waals surface area contributed by atoms with Crippen molar-refractivity contribution in [3.8, 4) is 0 Å². The van der Waals surface area contributed by atoms with E-state index in [1.807, 2.05) is 49.2 Å². The van der Waals surface area contributed by atoms with E-state index in [0.29, 0.717) is 0 Å². The van der Waals surface area contributed by atoms with E-state index in [-0.39, 0.29) is 0 Å². The second kappa shape index (κ2) is 4.82. The highest BCUT2D eigenvalue weighted by Gasteiger charge is 2.04. The molecule has 17 heavy (non-hydrogen) atoms. The molecule has 2 rings (SSSR count). The normalized spacial score (nSPS) is 10.2. The molecule has 0 unspecified atom stereocenters. The SMILES string of the molecule is Cc1ccnc(N(C)Cc2ccc(N)cc2)n1. The van der Waals surface area contributed by atoms with Gasteiger partial charge in [0.2, 0.25) is 5.95 Å². The Bertz CT molecular complexity index is 493. The largest absolute Gasteiger partial charge is 0.399 e. The Morgan fingerprint density at radius 3 is 2.53 bits per heavy atom. The van der Waals surface area contributed by atoms with Gasteiger partial charge in [-0.1, -0.05) is 12.1 Å². The van der Waals surface area contributed by atoms with Crippen molar-refractivity contribution in [2.75, 3.05) is 17.7 Å². The number of nitrogens with two attached hydrogens (primary N) is 1. The first-order chi connectivity index (χ1) is 8.15. The van der Waals surface area contributed by atoms with E-state index < -0.39 is 0 Å². The number of aryl methyl sites for hydroxylation is 1. The number of rotatable bonds is 3. The van der Waals surface area contributed by atoms with Crippen LogP contribution in [0.25, 0.3) is 0 Å². The summed E-state index contributed by atoms with van der Waals surface area (Å²) in [6.45, 7) is 2.73. The predicted molar refractivity (Wildman–Crippen MR) is 69.7 cm³/mol. The summed E-state index contributed by atoms with van der Waals surface area (Å²) in [5.74, 6) is 0.738. The molecule has 0 aliphatic heterocycles. The third kappa shape index (κ3) is 2.93. The minimum absolute atomic E-state index is 0.738. The molecule has 0 aliphatic rings. The number of nitrogens with zero attached hydrogens (tertiary/aromatic N) is 3. The molecule has 0 saturated carbocycles. The zero-order valence-electron chi connectivity index (χ0n) is 10.1. The Balaban J connectivity index is 2.11. The first-order valence-corrected chi connectivity index (χ1v) is 5.50. The van der Waals surface area contributed by atoms with Gasteiger partial charge in [0.05, 0.1) is 0 Å². The molecular formula is C13H16N4. The minimum atomic E-state index is 0.738. The van der Waals surface area contributed by atoms with E-state index in [1.54, 1.807) is 6.20 Å². The maximum Gasteiger partial charge on any atom is 0.225 e. The second-order valence-electron chi connectivity index (χ2n) is 4.10. The van der Waals surface area contributed by atoms with E-state index in [9.17, 15) is 0 Å². The van der Waals surface area contributed by atoms with Crippen LogP contribution in [0.5, 0.6) is 0 Å². The number of nitrogen functional groups attached to an aromatic ring is 1. The summed E-state index contributed by atoms with van der Waals surface area (Å²) < 4.78 is 0. The Morgan fingerprint density at radius 2 is 1.88 bits per heavy atom. The lowest BCUT2D eigenvalue weighted by atomic mass is 10.2. The first kappa shape index (κ1) is 11.4. The van der Waals surface area contributed by atoms with Crippen molar-refractivity contribution in [3.63, 3.8) is 0 Å². The predicted octanol–water partition coefficient (Wildman–Crippen LogP) is 2.00. The highest BCUT2D eigenvalue weighted by molar-refractivity contribution is 5.40. The molecule has 0 atom stereocenters. The summed E-state index contributed by atoms with van der Waals surface area (Å²) in [4.78, 5) is 10.6. The van der Waals surface area contributed by atoms with Crippen LogP contribution in [-0.2, 0) is 6.54 Å². The third-order valence-corrected chi connectivity index (χ3v) is 2.52. The maximum absolute atomic E-state index is 5.65. The fourth-order valence-corrected chi connectivity index (χ4v) is 1.59. The summed E-state index contributed by atoms with van der Waals surface area (Å²) in [6.07, 6.45) is 1.77. The highest BCUT2D eigenvalue weighted by Crippen LogP contribution is 2.11. The molecule has 2 N–H and O–H groups in total. The van der Waals surface area contributed by atoms with E-state index in [1.165, 1.54) is 5.56 Å². The van der Waals surface area contributed by atoms with Gasteiger partial charge in [-0.05, 0) is 30.7 Å². The fraction of sp³-hybridized carbons (Fsp3) is 0.231. The van der Waals surface area contributed by atoms with E-state index in [0.717, 1.165) is 23.9 Å². The minimum Gasteiger partial charge on any atom is -0.399 e. The van der Waals surface area contributed by atoms with E-state index in [2.05, 4.69) is 9.97 Å². The lowest BCUT2D eigenvalue weighted by Gasteiger charge is -2.17. The van der Waals surface area contributed by atoms with Crippen LogP contribution >= 0.6 is 0 Å². The standard InChI is InChI=1S/C13H16N4/c1-10-7-8-15-13(16-10)17(2)9-11-3-5-12(14)6-4-11/h3-8H,9,14H2,1-2H3. The lowest BCUT2D eigenvalue weighted by Crippen LogP contribution is -2.19. The second-order valence-corrected chi connectivity index (χ2v) is 4.10. The van der Waals surface area contributed by atoms with Gasteiger partial charge in [0, 0.05) is 31.2 Å². The monoisotopic (exact) mass is 228 g/mol. The number of hydrogen-bond donors (Lipinski definition) is 1. The molecule has 1 aromatic heterocycles.